The minimum absolute atomic E-state index is 0.0314. The van der Waals surface area contributed by atoms with E-state index in [0.717, 1.165) is 11.8 Å². The first kappa shape index (κ1) is 28.6. The molecule has 3 rings (SSSR count). The summed E-state index contributed by atoms with van der Waals surface area (Å²) < 4.78 is 30.2. The van der Waals surface area contributed by atoms with Gasteiger partial charge >= 0.3 is 0 Å². The summed E-state index contributed by atoms with van der Waals surface area (Å²) in [7, 11) is 1.63. The van der Waals surface area contributed by atoms with Crippen LogP contribution in [0.25, 0.3) is 0 Å². The van der Waals surface area contributed by atoms with Crippen LogP contribution in [0.2, 0.25) is 10.0 Å². The summed E-state index contributed by atoms with van der Waals surface area (Å²) in [5.74, 6) is -0.664. The smallest absolute Gasteiger partial charge is 0.267 e. The first-order chi connectivity index (χ1) is 17.5. The number of anilines is 1. The van der Waals surface area contributed by atoms with Crippen molar-refractivity contribution in [1.82, 2.24) is 10.6 Å². The van der Waals surface area contributed by atoms with Crippen molar-refractivity contribution in [2.24, 2.45) is 0 Å². The maximum Gasteiger partial charge on any atom is 0.267 e. The standard InChI is InChI=1S/C26H30Cl2FN3O5/c1-16(9-10-30-24(33)14-36-18-6-7-19(28)20(29)12-18)31-25(34)23-13-32(15-26(2,3)35-4)21-11-17(27)5-8-22(21)37-23/h5-8,11-12,23H,1,9-10,13-15H2,2-4H3,(H,30,33)(H,31,34). The Hall–Kier alpha value is -3.01. The van der Waals surface area contributed by atoms with E-state index in [2.05, 4.69) is 17.2 Å². The number of methoxy groups -OCH3 is 1. The molecule has 1 heterocycles. The van der Waals surface area contributed by atoms with Crippen LogP contribution in [0.15, 0.2) is 48.7 Å². The van der Waals surface area contributed by atoms with E-state index in [0.29, 0.717) is 36.0 Å². The van der Waals surface area contributed by atoms with Gasteiger partial charge in [-0.2, -0.15) is 0 Å². The van der Waals surface area contributed by atoms with Gasteiger partial charge in [-0.25, -0.2) is 4.39 Å². The van der Waals surface area contributed by atoms with Gasteiger partial charge in [-0.3, -0.25) is 9.59 Å². The minimum Gasteiger partial charge on any atom is -0.484 e. The predicted octanol–water partition coefficient (Wildman–Crippen LogP) is 4.34. The second-order valence-electron chi connectivity index (χ2n) is 9.12. The van der Waals surface area contributed by atoms with Crippen molar-refractivity contribution in [3.8, 4) is 11.5 Å². The number of rotatable bonds is 11. The fourth-order valence-electron chi connectivity index (χ4n) is 3.57. The lowest BCUT2D eigenvalue weighted by molar-refractivity contribution is -0.127. The van der Waals surface area contributed by atoms with E-state index in [9.17, 15) is 14.0 Å². The molecule has 2 amide bonds. The van der Waals surface area contributed by atoms with E-state index < -0.39 is 23.4 Å². The molecule has 1 unspecified atom stereocenters. The fraction of sp³-hybridized carbons (Fsp3) is 0.385. The highest BCUT2D eigenvalue weighted by Gasteiger charge is 2.34. The molecule has 0 saturated heterocycles. The highest BCUT2D eigenvalue weighted by Crippen LogP contribution is 2.36. The molecule has 0 aromatic heterocycles. The Morgan fingerprint density at radius 1 is 1.24 bits per heavy atom. The molecule has 1 aliphatic heterocycles. The number of hydrogen-bond acceptors (Lipinski definition) is 6. The van der Waals surface area contributed by atoms with Crippen molar-refractivity contribution in [3.63, 3.8) is 0 Å². The molecule has 11 heteroatoms. The topological polar surface area (TPSA) is 89.1 Å². The van der Waals surface area contributed by atoms with Crippen LogP contribution >= 0.6 is 23.2 Å². The molecule has 37 heavy (non-hydrogen) atoms. The molecule has 8 nitrogen and oxygen atoms in total. The Bertz CT molecular complexity index is 1160. The van der Waals surface area contributed by atoms with Gasteiger partial charge in [0.15, 0.2) is 12.7 Å². The average Bonchev–Trinajstić information content (AvgIpc) is 2.84. The third kappa shape index (κ3) is 8.24. The molecule has 0 bridgehead atoms. The maximum absolute atomic E-state index is 13.5. The number of halogens is 3. The van der Waals surface area contributed by atoms with Crippen molar-refractivity contribution in [1.29, 1.82) is 0 Å². The largest absolute Gasteiger partial charge is 0.484 e. The van der Waals surface area contributed by atoms with Crippen LogP contribution in [-0.4, -0.2) is 56.9 Å². The Morgan fingerprint density at radius 3 is 2.70 bits per heavy atom. The van der Waals surface area contributed by atoms with Gasteiger partial charge in [-0.15, -0.1) is 0 Å². The molecule has 2 aromatic rings. The summed E-state index contributed by atoms with van der Waals surface area (Å²) in [6.45, 7) is 8.51. The summed E-state index contributed by atoms with van der Waals surface area (Å²) in [6.07, 6.45) is -0.493. The number of carbonyl (C=O) groups excluding carboxylic acids is 2. The molecular weight excluding hydrogens is 524 g/mol. The van der Waals surface area contributed by atoms with E-state index in [1.54, 1.807) is 25.3 Å². The summed E-state index contributed by atoms with van der Waals surface area (Å²) in [5, 5.41) is 5.94. The number of nitrogens with one attached hydrogen (secondary N) is 2. The van der Waals surface area contributed by atoms with E-state index >= 15 is 0 Å². The Morgan fingerprint density at radius 2 is 2.00 bits per heavy atom. The molecule has 0 radical (unpaired) electrons. The fourth-order valence-corrected chi connectivity index (χ4v) is 3.86. The number of carbonyl (C=O) groups is 2. The minimum atomic E-state index is -0.791. The van der Waals surface area contributed by atoms with Crippen LogP contribution < -0.4 is 25.0 Å². The first-order valence-corrected chi connectivity index (χ1v) is 12.3. The van der Waals surface area contributed by atoms with E-state index in [1.165, 1.54) is 12.1 Å². The molecule has 200 valence electrons. The molecule has 0 saturated carbocycles. The Balaban J connectivity index is 1.48. The van der Waals surface area contributed by atoms with Crippen molar-refractivity contribution >= 4 is 40.7 Å². The third-order valence-electron chi connectivity index (χ3n) is 5.64. The highest BCUT2D eigenvalue weighted by molar-refractivity contribution is 6.31. The second-order valence-corrected chi connectivity index (χ2v) is 9.96. The number of benzene rings is 2. The van der Waals surface area contributed by atoms with Crippen LogP contribution in [0, 0.1) is 5.82 Å². The quantitative estimate of drug-likeness (QED) is 0.430. The summed E-state index contributed by atoms with van der Waals surface area (Å²) in [4.78, 5) is 27.0. The van der Waals surface area contributed by atoms with Gasteiger partial charge in [0.2, 0.25) is 0 Å². The molecular formula is C26H30Cl2FN3O5. The number of hydrogen-bond donors (Lipinski definition) is 2. The summed E-state index contributed by atoms with van der Waals surface area (Å²) in [6, 6.07) is 9.14. The average molecular weight is 554 g/mol. The molecule has 0 fully saturated rings. The van der Waals surface area contributed by atoms with Gasteiger partial charge in [0.25, 0.3) is 11.8 Å². The SMILES string of the molecule is C=C(CCNC(=O)COc1ccc(Cl)c(F)c1)NC(=O)C1CN(CC(C)(C)OC)c2cc(Cl)ccc2O1. The number of nitrogens with zero attached hydrogens (tertiary/aromatic N) is 1. The van der Waals surface area contributed by atoms with Gasteiger partial charge in [0.1, 0.15) is 17.3 Å². The predicted molar refractivity (Wildman–Crippen MR) is 141 cm³/mol. The third-order valence-corrected chi connectivity index (χ3v) is 6.19. The summed E-state index contributed by atoms with van der Waals surface area (Å²) in [5.41, 5.74) is 0.734. The van der Waals surface area contributed by atoms with E-state index in [-0.39, 0.29) is 29.8 Å². The van der Waals surface area contributed by atoms with Gasteiger partial charge < -0.3 is 29.7 Å². The molecule has 1 atom stereocenters. The zero-order valence-electron chi connectivity index (χ0n) is 20.9. The Kier molecular flexibility index (Phi) is 9.64. The van der Waals surface area contributed by atoms with Gasteiger partial charge in [0.05, 0.1) is 22.9 Å². The number of fused-ring (bicyclic) bond motifs is 1. The first-order valence-electron chi connectivity index (χ1n) is 11.6. The number of amides is 2. The normalized spacial score (nSPS) is 14.9. The lowest BCUT2D eigenvalue weighted by atomic mass is 10.1. The van der Waals surface area contributed by atoms with Crippen molar-refractivity contribution in [2.45, 2.75) is 32.0 Å². The highest BCUT2D eigenvalue weighted by atomic mass is 35.5. The molecule has 0 aliphatic carbocycles. The van der Waals surface area contributed by atoms with E-state index in [1.807, 2.05) is 18.7 Å². The second kappa shape index (κ2) is 12.5. The van der Waals surface area contributed by atoms with Crippen molar-refractivity contribution in [3.05, 3.63) is 64.5 Å². The van der Waals surface area contributed by atoms with Crippen molar-refractivity contribution in [2.75, 3.05) is 38.3 Å². The van der Waals surface area contributed by atoms with Crippen LogP contribution in [0.4, 0.5) is 10.1 Å². The maximum atomic E-state index is 13.5. The lowest BCUT2D eigenvalue weighted by Gasteiger charge is -2.39. The van der Waals surface area contributed by atoms with Crippen LogP contribution in [0.3, 0.4) is 0 Å². The Labute approximate surface area is 225 Å². The van der Waals surface area contributed by atoms with Gasteiger partial charge in [-0.1, -0.05) is 29.8 Å². The van der Waals surface area contributed by atoms with E-state index in [4.69, 9.17) is 37.4 Å². The summed E-state index contributed by atoms with van der Waals surface area (Å²) >= 11 is 11.8. The molecule has 2 aromatic carbocycles. The molecule has 0 spiro atoms. The zero-order chi connectivity index (χ0) is 27.2. The molecule has 1 aliphatic rings. The van der Waals surface area contributed by atoms with Gasteiger partial charge in [0, 0.05) is 43.4 Å². The number of ether oxygens (including phenoxy) is 3. The molecule has 2 N–H and O–H groups in total. The van der Waals surface area contributed by atoms with Crippen LogP contribution in [0.1, 0.15) is 20.3 Å². The van der Waals surface area contributed by atoms with Crippen LogP contribution in [-0.2, 0) is 14.3 Å². The lowest BCUT2D eigenvalue weighted by Crippen LogP contribution is -2.52. The van der Waals surface area contributed by atoms with Crippen LogP contribution in [0.5, 0.6) is 11.5 Å². The van der Waals surface area contributed by atoms with Crippen molar-refractivity contribution < 1.29 is 28.2 Å². The van der Waals surface area contributed by atoms with Gasteiger partial charge in [-0.05, 0) is 44.2 Å². The zero-order valence-corrected chi connectivity index (χ0v) is 22.4. The monoisotopic (exact) mass is 553 g/mol.